The second kappa shape index (κ2) is 6.72. The van der Waals surface area contributed by atoms with Crippen LogP contribution < -0.4 is 11.1 Å². The first-order chi connectivity index (χ1) is 8.95. The van der Waals surface area contributed by atoms with Gasteiger partial charge in [0.25, 0.3) is 5.91 Å². The Balaban J connectivity index is 2.82. The van der Waals surface area contributed by atoms with Crippen molar-refractivity contribution in [3.63, 3.8) is 0 Å². The summed E-state index contributed by atoms with van der Waals surface area (Å²) in [5.41, 5.74) is 5.50. The van der Waals surface area contributed by atoms with Crippen molar-refractivity contribution >= 4 is 17.6 Å². The average Bonchev–Trinajstić information content (AvgIpc) is 2.35. The fraction of sp³-hybridized carbons (Fsp3) is 0.385. The average molecular weight is 268 g/mol. The topological polar surface area (TPSA) is 92.4 Å². The van der Waals surface area contributed by atoms with Crippen LogP contribution in [0.3, 0.4) is 0 Å². The number of aliphatic carboxylic acids is 1. The smallest absolute Gasteiger partial charge is 0.308 e. The number of carbonyl (C=O) groups excluding carboxylic acids is 1. The fourth-order valence-electron chi connectivity index (χ4n) is 1.77. The Morgan fingerprint density at radius 3 is 2.68 bits per heavy atom. The number of carboxylic acid groups (broad SMARTS) is 1. The minimum Gasteiger partial charge on any atom is -0.481 e. The van der Waals surface area contributed by atoms with E-state index in [9.17, 15) is 14.0 Å². The highest BCUT2D eigenvalue weighted by molar-refractivity contribution is 5.98. The van der Waals surface area contributed by atoms with Crippen LogP contribution in [0.2, 0.25) is 0 Å². The summed E-state index contributed by atoms with van der Waals surface area (Å²) in [7, 11) is 0. The lowest BCUT2D eigenvalue weighted by Gasteiger charge is -2.15. The first-order valence-electron chi connectivity index (χ1n) is 6.01. The number of halogens is 1. The van der Waals surface area contributed by atoms with Crippen molar-refractivity contribution in [2.45, 2.75) is 19.8 Å². The van der Waals surface area contributed by atoms with Crippen molar-refractivity contribution < 1.29 is 19.1 Å². The molecular weight excluding hydrogens is 251 g/mol. The van der Waals surface area contributed by atoms with Gasteiger partial charge in [0.05, 0.1) is 11.5 Å². The molecule has 0 saturated carbocycles. The molecule has 0 heterocycles. The largest absolute Gasteiger partial charge is 0.481 e. The van der Waals surface area contributed by atoms with Crippen molar-refractivity contribution in [3.8, 4) is 0 Å². The Bertz CT molecular complexity index is 477. The van der Waals surface area contributed by atoms with Crippen LogP contribution in [-0.4, -0.2) is 23.5 Å². The monoisotopic (exact) mass is 268 g/mol. The number of primary amides is 1. The van der Waals surface area contributed by atoms with Crippen LogP contribution >= 0.6 is 0 Å². The van der Waals surface area contributed by atoms with E-state index >= 15 is 0 Å². The molecular formula is C13H17FN2O3. The summed E-state index contributed by atoms with van der Waals surface area (Å²) in [6.07, 6.45) is 1.26. The highest BCUT2D eigenvalue weighted by Gasteiger charge is 2.17. The van der Waals surface area contributed by atoms with Crippen LogP contribution in [-0.2, 0) is 4.79 Å². The van der Waals surface area contributed by atoms with Gasteiger partial charge in [-0.1, -0.05) is 13.3 Å². The second-order valence-electron chi connectivity index (χ2n) is 4.26. The summed E-state index contributed by atoms with van der Waals surface area (Å²) < 4.78 is 13.0. The van der Waals surface area contributed by atoms with Crippen LogP contribution in [0.1, 0.15) is 30.1 Å². The molecule has 1 unspecified atom stereocenters. The number of carbonyl (C=O) groups is 2. The zero-order chi connectivity index (χ0) is 14.4. The van der Waals surface area contributed by atoms with Crippen LogP contribution in [0.15, 0.2) is 18.2 Å². The fourth-order valence-corrected chi connectivity index (χ4v) is 1.77. The van der Waals surface area contributed by atoms with Gasteiger partial charge in [-0.05, 0) is 24.6 Å². The number of benzene rings is 1. The number of hydrogen-bond acceptors (Lipinski definition) is 3. The number of nitrogens with one attached hydrogen (secondary N) is 1. The van der Waals surface area contributed by atoms with Gasteiger partial charge >= 0.3 is 5.97 Å². The Kier molecular flexibility index (Phi) is 5.29. The quantitative estimate of drug-likeness (QED) is 0.703. The number of amides is 1. The van der Waals surface area contributed by atoms with E-state index in [-0.39, 0.29) is 12.1 Å². The Hall–Kier alpha value is -2.11. The van der Waals surface area contributed by atoms with Crippen LogP contribution in [0, 0.1) is 11.7 Å². The zero-order valence-electron chi connectivity index (χ0n) is 10.6. The molecule has 1 atom stereocenters. The third-order valence-corrected chi connectivity index (χ3v) is 2.77. The number of anilines is 1. The van der Waals surface area contributed by atoms with E-state index in [4.69, 9.17) is 10.8 Å². The minimum atomic E-state index is -0.905. The van der Waals surface area contributed by atoms with Gasteiger partial charge in [-0.25, -0.2) is 4.39 Å². The van der Waals surface area contributed by atoms with E-state index in [0.717, 1.165) is 12.5 Å². The maximum atomic E-state index is 13.0. The maximum Gasteiger partial charge on any atom is 0.308 e. The lowest BCUT2D eigenvalue weighted by Crippen LogP contribution is -2.24. The Labute approximate surface area is 110 Å². The second-order valence-corrected chi connectivity index (χ2v) is 4.26. The number of nitrogens with two attached hydrogens (primary N) is 1. The van der Waals surface area contributed by atoms with E-state index in [1.807, 2.05) is 6.92 Å². The highest BCUT2D eigenvalue weighted by atomic mass is 19.1. The SMILES string of the molecule is CCCC(CNc1ccc(F)cc1C(N)=O)C(=O)O. The van der Waals surface area contributed by atoms with Gasteiger partial charge in [0.2, 0.25) is 0 Å². The van der Waals surface area contributed by atoms with Gasteiger partial charge in [0, 0.05) is 12.2 Å². The third-order valence-electron chi connectivity index (χ3n) is 2.77. The lowest BCUT2D eigenvalue weighted by molar-refractivity contribution is -0.141. The highest BCUT2D eigenvalue weighted by Crippen LogP contribution is 2.18. The first kappa shape index (κ1) is 14.9. The summed E-state index contributed by atoms with van der Waals surface area (Å²) in [4.78, 5) is 22.2. The van der Waals surface area contributed by atoms with Crippen molar-refractivity contribution in [2.75, 3.05) is 11.9 Å². The van der Waals surface area contributed by atoms with Crippen LogP contribution in [0.5, 0.6) is 0 Å². The molecule has 0 fully saturated rings. The molecule has 1 rings (SSSR count). The molecule has 0 bridgehead atoms. The number of rotatable bonds is 7. The predicted octanol–water partition coefficient (Wildman–Crippen LogP) is 1.84. The molecule has 1 amide bonds. The number of hydrogen-bond donors (Lipinski definition) is 3. The molecule has 1 aromatic rings. The van der Waals surface area contributed by atoms with E-state index < -0.39 is 23.6 Å². The molecule has 1 aromatic carbocycles. The van der Waals surface area contributed by atoms with E-state index in [2.05, 4.69) is 5.32 Å². The van der Waals surface area contributed by atoms with Gasteiger partial charge in [-0.3, -0.25) is 9.59 Å². The molecule has 0 aliphatic rings. The van der Waals surface area contributed by atoms with E-state index in [1.54, 1.807) is 0 Å². The predicted molar refractivity (Wildman–Crippen MR) is 69.4 cm³/mol. The summed E-state index contributed by atoms with van der Waals surface area (Å²) in [5, 5.41) is 11.9. The third kappa shape index (κ3) is 4.24. The molecule has 0 spiro atoms. The molecule has 6 heteroatoms. The van der Waals surface area contributed by atoms with Gasteiger partial charge < -0.3 is 16.2 Å². The number of carboxylic acids is 1. The van der Waals surface area contributed by atoms with Gasteiger partial charge in [-0.15, -0.1) is 0 Å². The Morgan fingerprint density at radius 2 is 2.16 bits per heavy atom. The molecule has 5 nitrogen and oxygen atoms in total. The molecule has 0 aliphatic carbocycles. The van der Waals surface area contributed by atoms with Crippen LogP contribution in [0.25, 0.3) is 0 Å². The molecule has 4 N–H and O–H groups in total. The summed E-state index contributed by atoms with van der Waals surface area (Å²) >= 11 is 0. The van der Waals surface area contributed by atoms with Gasteiger partial charge in [0.15, 0.2) is 0 Å². The standard InChI is InChI=1S/C13H17FN2O3/c1-2-3-8(13(18)19)7-16-11-5-4-9(14)6-10(11)12(15)17/h4-6,8,16H,2-3,7H2,1H3,(H2,15,17)(H,18,19). The van der Waals surface area contributed by atoms with Gasteiger partial charge in [-0.2, -0.15) is 0 Å². The molecule has 104 valence electrons. The molecule has 0 aliphatic heterocycles. The molecule has 0 aromatic heterocycles. The van der Waals surface area contributed by atoms with Crippen LogP contribution in [0.4, 0.5) is 10.1 Å². The summed E-state index contributed by atoms with van der Waals surface area (Å²) in [6.45, 7) is 2.05. The summed E-state index contributed by atoms with van der Waals surface area (Å²) in [6, 6.07) is 3.59. The molecule has 0 radical (unpaired) electrons. The van der Waals surface area contributed by atoms with Gasteiger partial charge in [0.1, 0.15) is 5.82 Å². The normalized spacial score (nSPS) is 11.9. The van der Waals surface area contributed by atoms with Crippen molar-refractivity contribution in [1.82, 2.24) is 0 Å². The summed E-state index contributed by atoms with van der Waals surface area (Å²) in [5.74, 6) is -2.79. The van der Waals surface area contributed by atoms with E-state index in [1.165, 1.54) is 12.1 Å². The maximum absolute atomic E-state index is 13.0. The van der Waals surface area contributed by atoms with Crippen molar-refractivity contribution in [1.29, 1.82) is 0 Å². The lowest BCUT2D eigenvalue weighted by atomic mass is 10.0. The first-order valence-corrected chi connectivity index (χ1v) is 6.01. The zero-order valence-corrected chi connectivity index (χ0v) is 10.6. The molecule has 0 saturated heterocycles. The Morgan fingerprint density at radius 1 is 1.47 bits per heavy atom. The molecule has 19 heavy (non-hydrogen) atoms. The minimum absolute atomic E-state index is 0.0145. The van der Waals surface area contributed by atoms with Crippen molar-refractivity contribution in [2.24, 2.45) is 11.7 Å². The van der Waals surface area contributed by atoms with Crippen molar-refractivity contribution in [3.05, 3.63) is 29.6 Å². The van der Waals surface area contributed by atoms with E-state index in [0.29, 0.717) is 12.1 Å².